The maximum Gasteiger partial charge on any atom is 0.144 e. The number of hydrogen-bond donors (Lipinski definition) is 2. The second-order valence-corrected chi connectivity index (χ2v) is 6.17. The zero-order valence-corrected chi connectivity index (χ0v) is 12.7. The third kappa shape index (κ3) is 4.66. The lowest BCUT2D eigenvalue weighted by Crippen LogP contribution is -2.49. The summed E-state index contributed by atoms with van der Waals surface area (Å²) in [5.41, 5.74) is 5.47. The predicted octanol–water partition coefficient (Wildman–Crippen LogP) is 2.04. The Labute approximate surface area is 116 Å². The number of oxime groups is 1. The minimum Gasteiger partial charge on any atom is -0.409 e. The lowest BCUT2D eigenvalue weighted by atomic mass is 9.86. The molecule has 0 bridgehead atoms. The SMILES string of the molecule is CCC1COC(C)CN1CCCC(C)(C)C(N)=NO. The highest BCUT2D eigenvalue weighted by Gasteiger charge is 2.27. The molecule has 0 spiro atoms. The standard InChI is InChI=1S/C14H29N3O2/c1-5-12-10-19-11(2)9-17(12)8-6-7-14(3,4)13(15)16-18/h11-12,18H,5-10H2,1-4H3,(H2,15,16). The molecule has 5 nitrogen and oxygen atoms in total. The summed E-state index contributed by atoms with van der Waals surface area (Å²) in [5.74, 6) is 0.315. The van der Waals surface area contributed by atoms with Crippen LogP contribution in [0.1, 0.15) is 47.0 Å². The van der Waals surface area contributed by atoms with Gasteiger partial charge in [-0.3, -0.25) is 4.90 Å². The molecule has 1 aliphatic rings. The summed E-state index contributed by atoms with van der Waals surface area (Å²) in [5, 5.41) is 11.9. The minimum atomic E-state index is -0.242. The van der Waals surface area contributed by atoms with Crippen LogP contribution >= 0.6 is 0 Å². The molecule has 0 aromatic rings. The lowest BCUT2D eigenvalue weighted by Gasteiger charge is -2.38. The summed E-state index contributed by atoms with van der Waals surface area (Å²) in [6.45, 7) is 11.2. The van der Waals surface area contributed by atoms with Gasteiger partial charge in [0.15, 0.2) is 0 Å². The van der Waals surface area contributed by atoms with Crippen molar-refractivity contribution in [2.24, 2.45) is 16.3 Å². The number of morpholine rings is 1. The highest BCUT2D eigenvalue weighted by atomic mass is 16.5. The van der Waals surface area contributed by atoms with Crippen molar-refractivity contribution in [3.05, 3.63) is 0 Å². The van der Waals surface area contributed by atoms with Gasteiger partial charge in [-0.15, -0.1) is 0 Å². The molecule has 1 rings (SSSR count). The fraction of sp³-hybridized carbons (Fsp3) is 0.929. The molecule has 0 aromatic carbocycles. The zero-order valence-electron chi connectivity index (χ0n) is 12.7. The first-order valence-electron chi connectivity index (χ1n) is 7.24. The summed E-state index contributed by atoms with van der Waals surface area (Å²) < 4.78 is 5.70. The van der Waals surface area contributed by atoms with Crippen molar-refractivity contribution in [2.75, 3.05) is 19.7 Å². The Bertz CT molecular complexity index is 305. The Balaban J connectivity index is 2.42. The monoisotopic (exact) mass is 271 g/mol. The lowest BCUT2D eigenvalue weighted by molar-refractivity contribution is -0.0564. The van der Waals surface area contributed by atoms with Gasteiger partial charge < -0.3 is 15.7 Å². The molecule has 2 atom stereocenters. The fourth-order valence-electron chi connectivity index (χ4n) is 2.55. The Kier molecular flexibility index (Phi) is 6.07. The Morgan fingerprint density at radius 2 is 2.21 bits per heavy atom. The van der Waals surface area contributed by atoms with Crippen LogP contribution < -0.4 is 5.73 Å². The highest BCUT2D eigenvalue weighted by molar-refractivity contribution is 5.85. The van der Waals surface area contributed by atoms with Crippen LogP contribution in [-0.4, -0.2) is 47.8 Å². The molecule has 0 saturated carbocycles. The van der Waals surface area contributed by atoms with Crippen LogP contribution in [0.25, 0.3) is 0 Å². The van der Waals surface area contributed by atoms with E-state index in [4.69, 9.17) is 15.7 Å². The van der Waals surface area contributed by atoms with Gasteiger partial charge in [-0.1, -0.05) is 25.9 Å². The van der Waals surface area contributed by atoms with E-state index in [0.29, 0.717) is 18.0 Å². The molecule has 112 valence electrons. The van der Waals surface area contributed by atoms with Crippen molar-refractivity contribution < 1.29 is 9.94 Å². The Hall–Kier alpha value is -0.810. The van der Waals surface area contributed by atoms with Gasteiger partial charge in [-0.05, 0) is 32.7 Å². The molecule has 19 heavy (non-hydrogen) atoms. The Morgan fingerprint density at radius 1 is 1.53 bits per heavy atom. The van der Waals surface area contributed by atoms with Gasteiger partial charge in [-0.2, -0.15) is 0 Å². The molecule has 1 heterocycles. The van der Waals surface area contributed by atoms with Crippen molar-refractivity contribution in [1.29, 1.82) is 0 Å². The second kappa shape index (κ2) is 7.10. The van der Waals surface area contributed by atoms with E-state index in [9.17, 15) is 0 Å². The number of amidine groups is 1. The molecular weight excluding hydrogens is 242 g/mol. The molecule has 3 N–H and O–H groups in total. The van der Waals surface area contributed by atoms with Gasteiger partial charge in [0, 0.05) is 18.0 Å². The van der Waals surface area contributed by atoms with Crippen LogP contribution in [0.5, 0.6) is 0 Å². The smallest absolute Gasteiger partial charge is 0.144 e. The molecule has 0 radical (unpaired) electrons. The quantitative estimate of drug-likeness (QED) is 0.336. The topological polar surface area (TPSA) is 71.1 Å². The van der Waals surface area contributed by atoms with Crippen LogP contribution in [0.4, 0.5) is 0 Å². The van der Waals surface area contributed by atoms with Gasteiger partial charge in [0.05, 0.1) is 12.7 Å². The number of hydrogen-bond acceptors (Lipinski definition) is 4. The highest BCUT2D eigenvalue weighted by Crippen LogP contribution is 2.23. The molecule has 0 aliphatic carbocycles. The van der Waals surface area contributed by atoms with Crippen molar-refractivity contribution in [1.82, 2.24) is 4.90 Å². The molecule has 1 fully saturated rings. The van der Waals surface area contributed by atoms with E-state index in [2.05, 4.69) is 23.9 Å². The van der Waals surface area contributed by atoms with Crippen molar-refractivity contribution in [3.63, 3.8) is 0 Å². The summed E-state index contributed by atoms with van der Waals surface area (Å²) >= 11 is 0. The normalized spacial score (nSPS) is 26.6. The third-order valence-corrected chi connectivity index (χ3v) is 4.10. The average Bonchev–Trinajstić information content (AvgIpc) is 2.37. The number of ether oxygens (including phenoxy) is 1. The minimum absolute atomic E-state index is 0.242. The maximum atomic E-state index is 8.77. The summed E-state index contributed by atoms with van der Waals surface area (Å²) in [6.07, 6.45) is 3.41. The van der Waals surface area contributed by atoms with Gasteiger partial charge in [0.2, 0.25) is 0 Å². The van der Waals surface area contributed by atoms with Crippen LogP contribution in [0.2, 0.25) is 0 Å². The second-order valence-electron chi connectivity index (χ2n) is 6.17. The predicted molar refractivity (Wildman–Crippen MR) is 77.5 cm³/mol. The van der Waals surface area contributed by atoms with Crippen molar-refractivity contribution in [2.45, 2.75) is 59.1 Å². The van der Waals surface area contributed by atoms with Gasteiger partial charge in [-0.25, -0.2) is 0 Å². The average molecular weight is 271 g/mol. The van der Waals surface area contributed by atoms with Crippen LogP contribution in [0.15, 0.2) is 5.16 Å². The summed E-state index contributed by atoms with van der Waals surface area (Å²) in [6, 6.07) is 0.531. The Morgan fingerprint density at radius 3 is 2.79 bits per heavy atom. The first-order chi connectivity index (χ1) is 8.90. The van der Waals surface area contributed by atoms with Gasteiger partial charge >= 0.3 is 0 Å². The van der Waals surface area contributed by atoms with E-state index in [-0.39, 0.29) is 5.41 Å². The van der Waals surface area contributed by atoms with Crippen LogP contribution in [-0.2, 0) is 4.74 Å². The first kappa shape index (κ1) is 16.2. The molecule has 1 saturated heterocycles. The molecule has 1 aliphatic heterocycles. The van der Waals surface area contributed by atoms with E-state index in [1.54, 1.807) is 0 Å². The summed E-state index contributed by atoms with van der Waals surface area (Å²) in [4.78, 5) is 2.51. The molecule has 0 aromatic heterocycles. The zero-order chi connectivity index (χ0) is 14.5. The molecule has 2 unspecified atom stereocenters. The van der Waals surface area contributed by atoms with Crippen molar-refractivity contribution in [3.8, 4) is 0 Å². The number of rotatable bonds is 6. The maximum absolute atomic E-state index is 8.77. The van der Waals surface area contributed by atoms with E-state index in [0.717, 1.165) is 39.0 Å². The van der Waals surface area contributed by atoms with E-state index >= 15 is 0 Å². The largest absolute Gasteiger partial charge is 0.409 e. The summed E-state index contributed by atoms with van der Waals surface area (Å²) in [7, 11) is 0. The van der Waals surface area contributed by atoms with Crippen LogP contribution in [0.3, 0.4) is 0 Å². The first-order valence-corrected chi connectivity index (χ1v) is 7.24. The van der Waals surface area contributed by atoms with Gasteiger partial charge in [0.25, 0.3) is 0 Å². The molecular formula is C14H29N3O2. The van der Waals surface area contributed by atoms with Gasteiger partial charge in [0.1, 0.15) is 5.84 Å². The van der Waals surface area contributed by atoms with E-state index in [1.165, 1.54) is 0 Å². The van der Waals surface area contributed by atoms with E-state index in [1.807, 2.05) is 13.8 Å². The van der Waals surface area contributed by atoms with Crippen molar-refractivity contribution >= 4 is 5.84 Å². The third-order valence-electron chi connectivity index (χ3n) is 4.10. The fourth-order valence-corrected chi connectivity index (χ4v) is 2.55. The molecule has 0 amide bonds. The van der Waals surface area contributed by atoms with Crippen LogP contribution in [0, 0.1) is 5.41 Å². The number of nitrogens with zero attached hydrogens (tertiary/aromatic N) is 2. The number of nitrogens with two attached hydrogens (primary N) is 1. The molecule has 5 heteroatoms. The van der Waals surface area contributed by atoms with E-state index < -0.39 is 0 Å².